The van der Waals surface area contributed by atoms with Gasteiger partial charge in [-0.3, -0.25) is 19.3 Å². The summed E-state index contributed by atoms with van der Waals surface area (Å²) in [6.07, 6.45) is 3.11. The van der Waals surface area contributed by atoms with E-state index in [1.807, 2.05) is 92.0 Å². The van der Waals surface area contributed by atoms with Crippen LogP contribution in [-0.2, 0) is 32.2 Å². The molecule has 194 valence electrons. The van der Waals surface area contributed by atoms with E-state index in [0.29, 0.717) is 18.8 Å². The van der Waals surface area contributed by atoms with Gasteiger partial charge in [0.05, 0.1) is 24.5 Å². The van der Waals surface area contributed by atoms with Crippen molar-refractivity contribution < 1.29 is 19.1 Å². The summed E-state index contributed by atoms with van der Waals surface area (Å²) >= 11 is 1.56. The maximum absolute atomic E-state index is 14.2. The summed E-state index contributed by atoms with van der Waals surface area (Å²) < 4.78 is 6.43. The highest BCUT2D eigenvalue weighted by Gasteiger charge is 2.73. The van der Waals surface area contributed by atoms with Crippen molar-refractivity contribution in [1.29, 1.82) is 0 Å². The van der Waals surface area contributed by atoms with Crippen molar-refractivity contribution in [1.82, 2.24) is 10.6 Å². The van der Waals surface area contributed by atoms with Crippen molar-refractivity contribution >= 4 is 34.7 Å². The van der Waals surface area contributed by atoms with E-state index in [2.05, 4.69) is 10.6 Å². The number of benzene rings is 2. The van der Waals surface area contributed by atoms with Gasteiger partial charge in [0.1, 0.15) is 11.6 Å². The van der Waals surface area contributed by atoms with Crippen molar-refractivity contribution in [3.8, 4) is 0 Å². The molecule has 4 heterocycles. The van der Waals surface area contributed by atoms with Crippen LogP contribution in [0.3, 0.4) is 0 Å². The van der Waals surface area contributed by atoms with Gasteiger partial charge in [0.2, 0.25) is 17.7 Å². The molecule has 38 heavy (non-hydrogen) atoms. The summed E-state index contributed by atoms with van der Waals surface area (Å²) in [6, 6.07) is 18.4. The molecule has 0 saturated carbocycles. The quantitative estimate of drug-likeness (QED) is 0.459. The molecule has 3 amide bonds. The number of carbonyl (C=O) groups is 3. The second-order valence-electron chi connectivity index (χ2n) is 10.2. The summed E-state index contributed by atoms with van der Waals surface area (Å²) in [4.78, 5) is 44.1. The smallest absolute Gasteiger partial charge is 0.246 e. The predicted octanol–water partition coefficient (Wildman–Crippen LogP) is 3.65. The number of ether oxygens (including phenoxy) is 1. The van der Waals surface area contributed by atoms with Crippen molar-refractivity contribution in [3.63, 3.8) is 0 Å². The highest BCUT2D eigenvalue weighted by molar-refractivity contribution is 7.09. The molecule has 2 aromatic carbocycles. The SMILES string of the molecule is Cc1ccc(N2C(=O)C3C(C(=O)NCc4cccs4)C4C=CC3(O4)C2C(=O)NCc2ccccc2)c(C)c1. The zero-order valence-corrected chi connectivity index (χ0v) is 22.0. The van der Waals surface area contributed by atoms with Crippen molar-refractivity contribution in [3.05, 3.63) is 99.8 Å². The lowest BCUT2D eigenvalue weighted by Crippen LogP contribution is -2.54. The standard InChI is InChI=1S/C30H29N3O4S/c1-18-10-11-22(19(2)15-18)33-26(28(35)31-16-20-7-4-3-5-8-20)30-13-12-23(37-30)24(25(30)29(33)36)27(34)32-17-21-9-6-14-38-21/h3-15,23-26H,16-17H2,1-2H3,(H,31,35)(H,32,34). The molecule has 2 fully saturated rings. The molecular formula is C30H29N3O4S. The lowest BCUT2D eigenvalue weighted by atomic mass is 9.74. The predicted molar refractivity (Wildman–Crippen MR) is 145 cm³/mol. The maximum atomic E-state index is 14.2. The van der Waals surface area contributed by atoms with Crippen LogP contribution in [0.2, 0.25) is 0 Å². The number of nitrogens with one attached hydrogen (secondary N) is 2. The summed E-state index contributed by atoms with van der Waals surface area (Å²) in [5, 5.41) is 7.98. The van der Waals surface area contributed by atoms with Crippen LogP contribution in [0.4, 0.5) is 5.69 Å². The van der Waals surface area contributed by atoms with Gasteiger partial charge in [-0.2, -0.15) is 0 Å². The van der Waals surface area contributed by atoms with Gasteiger partial charge in [-0.05, 0) is 42.5 Å². The molecule has 3 aliphatic rings. The Balaban J connectivity index is 1.35. The van der Waals surface area contributed by atoms with Gasteiger partial charge in [0, 0.05) is 17.1 Å². The summed E-state index contributed by atoms with van der Waals surface area (Å²) in [6.45, 7) is 4.63. The number of thiophene rings is 1. The number of anilines is 1. The third kappa shape index (κ3) is 3.95. The minimum Gasteiger partial charge on any atom is -0.359 e. The van der Waals surface area contributed by atoms with E-state index in [1.165, 1.54) is 0 Å². The molecule has 1 aromatic heterocycles. The average Bonchev–Trinajstić information content (AvgIpc) is 3.69. The Bertz CT molecular complexity index is 1420. The van der Waals surface area contributed by atoms with Gasteiger partial charge in [0.15, 0.2) is 0 Å². The molecule has 0 radical (unpaired) electrons. The van der Waals surface area contributed by atoms with E-state index in [1.54, 1.807) is 16.2 Å². The highest BCUT2D eigenvalue weighted by Crippen LogP contribution is 2.56. The summed E-state index contributed by atoms with van der Waals surface area (Å²) in [5.74, 6) is -2.32. The molecule has 5 atom stereocenters. The van der Waals surface area contributed by atoms with E-state index < -0.39 is 29.6 Å². The summed E-state index contributed by atoms with van der Waals surface area (Å²) in [5.41, 5.74) is 2.33. The molecule has 2 saturated heterocycles. The Morgan fingerprint density at radius 1 is 1.00 bits per heavy atom. The summed E-state index contributed by atoms with van der Waals surface area (Å²) in [7, 11) is 0. The third-order valence-corrected chi connectivity index (χ3v) is 8.64. The highest BCUT2D eigenvalue weighted by atomic mass is 32.1. The van der Waals surface area contributed by atoms with Crippen LogP contribution in [0.1, 0.15) is 21.6 Å². The molecule has 3 aromatic rings. The fourth-order valence-corrected chi connectivity index (χ4v) is 6.74. The van der Waals surface area contributed by atoms with Gasteiger partial charge in [0.25, 0.3) is 0 Å². The Morgan fingerprint density at radius 2 is 1.79 bits per heavy atom. The Morgan fingerprint density at radius 3 is 2.53 bits per heavy atom. The van der Waals surface area contributed by atoms with Crippen molar-refractivity contribution in [2.75, 3.05) is 4.90 Å². The topological polar surface area (TPSA) is 87.7 Å². The Kier molecular flexibility index (Phi) is 6.16. The zero-order chi connectivity index (χ0) is 26.4. The number of aryl methyl sites for hydroxylation is 2. The molecule has 2 bridgehead atoms. The number of fused-ring (bicyclic) bond motifs is 1. The molecule has 5 unspecified atom stereocenters. The fourth-order valence-electron chi connectivity index (χ4n) is 6.09. The van der Waals surface area contributed by atoms with E-state index in [4.69, 9.17) is 4.74 Å². The fraction of sp³-hybridized carbons (Fsp3) is 0.300. The van der Waals surface area contributed by atoms with Crippen molar-refractivity contribution in [2.24, 2.45) is 11.8 Å². The van der Waals surface area contributed by atoms with Crippen LogP contribution in [-0.4, -0.2) is 35.5 Å². The first-order valence-electron chi connectivity index (χ1n) is 12.8. The first kappa shape index (κ1) is 24.6. The molecule has 8 heteroatoms. The molecule has 7 nitrogen and oxygen atoms in total. The number of hydrogen-bond acceptors (Lipinski definition) is 5. The van der Waals surface area contributed by atoms with Gasteiger partial charge in [-0.15, -0.1) is 11.3 Å². The number of carbonyl (C=O) groups excluding carboxylic acids is 3. The second-order valence-corrected chi connectivity index (χ2v) is 11.2. The molecule has 1 spiro atoms. The van der Waals surface area contributed by atoms with Gasteiger partial charge in [-0.1, -0.05) is 66.2 Å². The van der Waals surface area contributed by atoms with Crippen LogP contribution in [0.5, 0.6) is 0 Å². The first-order chi connectivity index (χ1) is 18.4. The van der Waals surface area contributed by atoms with Crippen LogP contribution < -0.4 is 15.5 Å². The van der Waals surface area contributed by atoms with Gasteiger partial charge < -0.3 is 15.4 Å². The average molecular weight is 528 g/mol. The molecule has 0 aliphatic carbocycles. The molecule has 3 aliphatic heterocycles. The Hall–Kier alpha value is -3.75. The number of amides is 3. The van der Waals surface area contributed by atoms with Crippen molar-refractivity contribution in [2.45, 2.75) is 44.7 Å². The Labute approximate surface area is 225 Å². The monoisotopic (exact) mass is 527 g/mol. The van der Waals surface area contributed by atoms with Crippen LogP contribution in [0.25, 0.3) is 0 Å². The number of hydrogen-bond donors (Lipinski definition) is 2. The zero-order valence-electron chi connectivity index (χ0n) is 21.2. The largest absolute Gasteiger partial charge is 0.359 e. The minimum atomic E-state index is -1.22. The van der Waals surface area contributed by atoms with Crippen LogP contribution in [0, 0.1) is 25.7 Å². The lowest BCUT2D eigenvalue weighted by Gasteiger charge is -2.32. The normalized spacial score (nSPS) is 27.0. The van der Waals surface area contributed by atoms with Gasteiger partial charge >= 0.3 is 0 Å². The van der Waals surface area contributed by atoms with Crippen LogP contribution >= 0.6 is 11.3 Å². The van der Waals surface area contributed by atoms with E-state index in [9.17, 15) is 14.4 Å². The first-order valence-corrected chi connectivity index (χ1v) is 13.7. The lowest BCUT2D eigenvalue weighted by molar-refractivity contribution is -0.132. The van der Waals surface area contributed by atoms with E-state index in [0.717, 1.165) is 21.6 Å². The number of rotatable bonds is 7. The molecular weight excluding hydrogens is 498 g/mol. The van der Waals surface area contributed by atoms with Crippen LogP contribution in [0.15, 0.2) is 78.2 Å². The second kappa shape index (κ2) is 9.53. The van der Waals surface area contributed by atoms with E-state index >= 15 is 0 Å². The minimum absolute atomic E-state index is 0.237. The third-order valence-electron chi connectivity index (χ3n) is 7.76. The van der Waals surface area contributed by atoms with Gasteiger partial charge in [-0.25, -0.2) is 0 Å². The molecule has 2 N–H and O–H groups in total. The maximum Gasteiger partial charge on any atom is 0.246 e. The molecule has 6 rings (SSSR count). The number of nitrogens with zero attached hydrogens (tertiary/aromatic N) is 1. The van der Waals surface area contributed by atoms with E-state index in [-0.39, 0.29) is 17.7 Å².